The summed E-state index contributed by atoms with van der Waals surface area (Å²) in [6.07, 6.45) is 5.66. The Labute approximate surface area is 109 Å². The highest BCUT2D eigenvalue weighted by atomic mass is 127. The van der Waals surface area contributed by atoms with Gasteiger partial charge in [0.05, 0.1) is 6.26 Å². The second kappa shape index (κ2) is 4.37. The lowest BCUT2D eigenvalue weighted by Gasteiger charge is -2.00. The van der Waals surface area contributed by atoms with Crippen molar-refractivity contribution in [3.63, 3.8) is 0 Å². The van der Waals surface area contributed by atoms with Crippen LogP contribution < -0.4 is 5.32 Å². The normalized spacial score (nSPS) is 15.8. The minimum Gasteiger partial charge on any atom is -0.464 e. The van der Waals surface area contributed by atoms with E-state index in [1.54, 1.807) is 0 Å². The van der Waals surface area contributed by atoms with Crippen molar-refractivity contribution in [2.75, 3.05) is 6.54 Å². The van der Waals surface area contributed by atoms with Crippen LogP contribution in [-0.4, -0.2) is 12.6 Å². The molecule has 0 spiro atoms. The fourth-order valence-electron chi connectivity index (χ4n) is 1.95. The van der Waals surface area contributed by atoms with Gasteiger partial charge in [0.15, 0.2) is 0 Å². The Kier molecular flexibility index (Phi) is 2.90. The van der Waals surface area contributed by atoms with E-state index >= 15 is 0 Å². The molecular formula is C13H14INO. The highest BCUT2D eigenvalue weighted by Crippen LogP contribution is 2.24. The summed E-state index contributed by atoms with van der Waals surface area (Å²) >= 11 is 2.34. The summed E-state index contributed by atoms with van der Waals surface area (Å²) < 4.78 is 6.81. The van der Waals surface area contributed by atoms with Gasteiger partial charge in [0.25, 0.3) is 0 Å². The molecule has 0 atom stereocenters. The lowest BCUT2D eigenvalue weighted by molar-refractivity contribution is 0.605. The van der Waals surface area contributed by atoms with Crippen LogP contribution in [0, 0.1) is 3.57 Å². The largest absolute Gasteiger partial charge is 0.464 e. The molecule has 1 aliphatic carbocycles. The van der Waals surface area contributed by atoms with Gasteiger partial charge in [0.1, 0.15) is 5.58 Å². The third kappa shape index (κ3) is 2.25. The van der Waals surface area contributed by atoms with Crippen molar-refractivity contribution in [1.82, 2.24) is 5.32 Å². The third-order valence-electron chi connectivity index (χ3n) is 3.02. The topological polar surface area (TPSA) is 25.2 Å². The number of hydrogen-bond donors (Lipinski definition) is 1. The Morgan fingerprint density at radius 3 is 3.06 bits per heavy atom. The summed E-state index contributed by atoms with van der Waals surface area (Å²) in [6, 6.07) is 7.12. The van der Waals surface area contributed by atoms with Crippen molar-refractivity contribution >= 4 is 33.6 Å². The van der Waals surface area contributed by atoms with Gasteiger partial charge in [-0.1, -0.05) is 0 Å². The minimum absolute atomic E-state index is 0.790. The van der Waals surface area contributed by atoms with E-state index in [0.717, 1.165) is 24.6 Å². The van der Waals surface area contributed by atoms with Crippen LogP contribution in [0.1, 0.15) is 18.4 Å². The van der Waals surface area contributed by atoms with Gasteiger partial charge in [-0.05, 0) is 72.2 Å². The van der Waals surface area contributed by atoms with Crippen LogP contribution in [0.2, 0.25) is 0 Å². The van der Waals surface area contributed by atoms with Crippen LogP contribution in [0.3, 0.4) is 0 Å². The van der Waals surface area contributed by atoms with Crippen LogP contribution in [0.25, 0.3) is 11.0 Å². The molecule has 2 nitrogen and oxygen atoms in total. The maximum absolute atomic E-state index is 5.55. The Morgan fingerprint density at radius 1 is 1.38 bits per heavy atom. The highest BCUT2D eigenvalue weighted by Gasteiger charge is 2.19. The smallest absolute Gasteiger partial charge is 0.134 e. The minimum atomic E-state index is 0.790. The summed E-state index contributed by atoms with van der Waals surface area (Å²) in [5, 5.41) is 4.80. The number of furan rings is 1. The van der Waals surface area contributed by atoms with E-state index in [4.69, 9.17) is 4.42 Å². The predicted octanol–water partition coefficient (Wildman–Crippen LogP) is 3.33. The molecule has 1 aromatic heterocycles. The molecule has 3 heteroatoms. The van der Waals surface area contributed by atoms with Gasteiger partial charge in [-0.3, -0.25) is 0 Å². The molecule has 3 rings (SSSR count). The number of fused-ring (bicyclic) bond motifs is 1. The van der Waals surface area contributed by atoms with Crippen molar-refractivity contribution < 1.29 is 4.42 Å². The molecular weight excluding hydrogens is 313 g/mol. The van der Waals surface area contributed by atoms with E-state index in [1.807, 2.05) is 6.26 Å². The third-order valence-corrected chi connectivity index (χ3v) is 3.69. The number of nitrogens with one attached hydrogen (secondary N) is 1. The zero-order valence-corrected chi connectivity index (χ0v) is 11.2. The maximum Gasteiger partial charge on any atom is 0.134 e. The molecule has 0 aliphatic heterocycles. The summed E-state index contributed by atoms with van der Waals surface area (Å²) in [4.78, 5) is 0. The fraction of sp³-hybridized carbons (Fsp3) is 0.385. The van der Waals surface area contributed by atoms with Gasteiger partial charge in [0, 0.05) is 15.0 Å². The standard InChI is InChI=1S/C13H14INO/c14-10-1-4-13-12(7-10)9(8-16-13)5-6-15-11-2-3-11/h1,4,7-8,11,15H,2-3,5-6H2. The molecule has 0 saturated heterocycles. The number of halogens is 1. The number of rotatable bonds is 4. The van der Waals surface area contributed by atoms with Crippen molar-refractivity contribution in [2.45, 2.75) is 25.3 Å². The molecule has 0 unspecified atom stereocenters. The highest BCUT2D eigenvalue weighted by molar-refractivity contribution is 14.1. The Balaban J connectivity index is 1.76. The van der Waals surface area contributed by atoms with Crippen molar-refractivity contribution in [3.05, 3.63) is 33.6 Å². The molecule has 1 saturated carbocycles. The first-order valence-electron chi connectivity index (χ1n) is 5.72. The van der Waals surface area contributed by atoms with Crippen LogP contribution in [0.5, 0.6) is 0 Å². The lowest BCUT2D eigenvalue weighted by atomic mass is 10.1. The van der Waals surface area contributed by atoms with E-state index in [2.05, 4.69) is 46.1 Å². The zero-order chi connectivity index (χ0) is 11.0. The van der Waals surface area contributed by atoms with Crippen LogP contribution in [0.15, 0.2) is 28.9 Å². The molecule has 1 aromatic carbocycles. The first-order valence-corrected chi connectivity index (χ1v) is 6.80. The van der Waals surface area contributed by atoms with Gasteiger partial charge >= 0.3 is 0 Å². The van der Waals surface area contributed by atoms with Crippen molar-refractivity contribution in [1.29, 1.82) is 0 Å². The fourth-order valence-corrected chi connectivity index (χ4v) is 2.44. The van der Waals surface area contributed by atoms with Gasteiger partial charge in [-0.2, -0.15) is 0 Å². The quantitative estimate of drug-likeness (QED) is 0.872. The first-order chi connectivity index (χ1) is 7.83. The average Bonchev–Trinajstić information content (AvgIpc) is 3.01. The predicted molar refractivity (Wildman–Crippen MR) is 73.7 cm³/mol. The summed E-state index contributed by atoms with van der Waals surface area (Å²) in [5.41, 5.74) is 2.32. The van der Waals surface area contributed by atoms with Crippen LogP contribution >= 0.6 is 22.6 Å². The SMILES string of the molecule is Ic1ccc2occ(CCNC3CC3)c2c1. The number of benzene rings is 1. The van der Waals surface area contributed by atoms with Gasteiger partial charge in [-0.25, -0.2) is 0 Å². The molecule has 1 fully saturated rings. The molecule has 0 radical (unpaired) electrons. The Hall–Kier alpha value is -0.550. The summed E-state index contributed by atoms with van der Waals surface area (Å²) in [5.74, 6) is 0. The molecule has 0 amide bonds. The Morgan fingerprint density at radius 2 is 2.25 bits per heavy atom. The summed E-state index contributed by atoms with van der Waals surface area (Å²) in [6.45, 7) is 1.06. The van der Waals surface area contributed by atoms with Gasteiger partial charge in [-0.15, -0.1) is 0 Å². The van der Waals surface area contributed by atoms with E-state index < -0.39 is 0 Å². The molecule has 0 bridgehead atoms. The monoisotopic (exact) mass is 327 g/mol. The van der Waals surface area contributed by atoms with Gasteiger partial charge < -0.3 is 9.73 Å². The van der Waals surface area contributed by atoms with Crippen molar-refractivity contribution in [2.24, 2.45) is 0 Å². The molecule has 16 heavy (non-hydrogen) atoms. The maximum atomic E-state index is 5.55. The van der Waals surface area contributed by atoms with Gasteiger partial charge in [0.2, 0.25) is 0 Å². The van der Waals surface area contributed by atoms with E-state index in [0.29, 0.717) is 0 Å². The zero-order valence-electron chi connectivity index (χ0n) is 9.00. The van der Waals surface area contributed by atoms with E-state index in [9.17, 15) is 0 Å². The molecule has 1 heterocycles. The Bertz CT molecular complexity index is 502. The molecule has 84 valence electrons. The van der Waals surface area contributed by atoms with E-state index in [-0.39, 0.29) is 0 Å². The van der Waals surface area contributed by atoms with Crippen LogP contribution in [-0.2, 0) is 6.42 Å². The summed E-state index contributed by atoms with van der Waals surface area (Å²) in [7, 11) is 0. The second-order valence-electron chi connectivity index (χ2n) is 4.38. The second-order valence-corrected chi connectivity index (χ2v) is 5.63. The molecule has 1 aliphatic rings. The first kappa shape index (κ1) is 10.6. The number of hydrogen-bond acceptors (Lipinski definition) is 2. The molecule has 1 N–H and O–H groups in total. The average molecular weight is 327 g/mol. The van der Waals surface area contributed by atoms with Crippen molar-refractivity contribution in [3.8, 4) is 0 Å². The van der Waals surface area contributed by atoms with Crippen LogP contribution in [0.4, 0.5) is 0 Å². The lowest BCUT2D eigenvalue weighted by Crippen LogP contribution is -2.19. The van der Waals surface area contributed by atoms with E-state index in [1.165, 1.54) is 27.4 Å². The molecule has 2 aromatic rings.